The molecule has 1 aromatic carbocycles. The van der Waals surface area contributed by atoms with Crippen molar-refractivity contribution < 1.29 is 0 Å². The second-order valence-corrected chi connectivity index (χ2v) is 6.59. The van der Waals surface area contributed by atoms with Gasteiger partial charge >= 0.3 is 0 Å². The number of thiazole rings is 1. The average Bonchev–Trinajstić information content (AvgIpc) is 2.88. The Hall–Kier alpha value is -0.710. The molecule has 0 radical (unpaired) electrons. The van der Waals surface area contributed by atoms with Crippen LogP contribution < -0.4 is 5.73 Å². The molecule has 18 heavy (non-hydrogen) atoms. The van der Waals surface area contributed by atoms with E-state index in [2.05, 4.69) is 34.1 Å². The maximum absolute atomic E-state index is 5.52. The lowest BCUT2D eigenvalue weighted by Crippen LogP contribution is -1.98. The minimum atomic E-state index is 0.779. The molecule has 0 spiro atoms. The van der Waals surface area contributed by atoms with Crippen LogP contribution >= 0.6 is 27.3 Å². The summed E-state index contributed by atoms with van der Waals surface area (Å²) in [6.45, 7) is 0.779. The molecule has 94 valence electrons. The molecular formula is C14H15BrN2S. The minimum absolute atomic E-state index is 0.779. The van der Waals surface area contributed by atoms with Gasteiger partial charge in [-0.05, 0) is 37.4 Å². The number of hydrogen-bond donors (Lipinski definition) is 1. The fourth-order valence-corrected chi connectivity index (χ4v) is 4.02. The number of rotatable bonds is 4. The van der Waals surface area contributed by atoms with Gasteiger partial charge in [0.25, 0.3) is 0 Å². The highest BCUT2D eigenvalue weighted by Crippen LogP contribution is 2.42. The van der Waals surface area contributed by atoms with E-state index in [1.165, 1.54) is 31.2 Å². The summed E-state index contributed by atoms with van der Waals surface area (Å²) >= 11 is 5.49. The van der Waals surface area contributed by atoms with E-state index in [9.17, 15) is 0 Å². The summed E-state index contributed by atoms with van der Waals surface area (Å²) in [7, 11) is 0. The molecule has 2 N–H and O–H groups in total. The lowest BCUT2D eigenvalue weighted by molar-refractivity contribution is 0.742. The summed E-state index contributed by atoms with van der Waals surface area (Å²) in [5.41, 5.74) is 9.43. The van der Waals surface area contributed by atoms with Gasteiger partial charge in [0.15, 0.2) is 0 Å². The highest BCUT2D eigenvalue weighted by molar-refractivity contribution is 9.10. The Bertz CT molecular complexity index is 577. The SMILES string of the molecule is NCCCCc1nc2c(s1)Cc1c(Br)cccc1-2. The quantitative estimate of drug-likeness (QED) is 0.743. The zero-order valence-electron chi connectivity index (χ0n) is 10.1. The van der Waals surface area contributed by atoms with E-state index in [4.69, 9.17) is 10.7 Å². The molecule has 2 nitrogen and oxygen atoms in total. The van der Waals surface area contributed by atoms with Crippen LogP contribution in [0.25, 0.3) is 11.3 Å². The van der Waals surface area contributed by atoms with Crippen LogP contribution in [0, 0.1) is 0 Å². The highest BCUT2D eigenvalue weighted by Gasteiger charge is 2.24. The van der Waals surface area contributed by atoms with Gasteiger partial charge in [0.05, 0.1) is 10.7 Å². The first kappa shape index (κ1) is 12.3. The van der Waals surface area contributed by atoms with Crippen molar-refractivity contribution in [3.63, 3.8) is 0 Å². The summed E-state index contributed by atoms with van der Waals surface area (Å²) in [5.74, 6) is 0. The number of aryl methyl sites for hydroxylation is 1. The number of nitrogens with two attached hydrogens (primary N) is 1. The molecule has 0 bridgehead atoms. The number of halogens is 1. The number of hydrogen-bond acceptors (Lipinski definition) is 3. The van der Waals surface area contributed by atoms with Crippen molar-refractivity contribution in [1.82, 2.24) is 4.98 Å². The molecule has 0 fully saturated rings. The van der Waals surface area contributed by atoms with Crippen molar-refractivity contribution in [2.45, 2.75) is 25.7 Å². The van der Waals surface area contributed by atoms with E-state index in [0.717, 1.165) is 32.2 Å². The van der Waals surface area contributed by atoms with Crippen molar-refractivity contribution in [3.05, 3.63) is 38.1 Å². The topological polar surface area (TPSA) is 38.9 Å². The van der Waals surface area contributed by atoms with E-state index in [1.54, 1.807) is 0 Å². The van der Waals surface area contributed by atoms with E-state index < -0.39 is 0 Å². The van der Waals surface area contributed by atoms with Gasteiger partial charge in [0, 0.05) is 21.3 Å². The van der Waals surface area contributed by atoms with Gasteiger partial charge in [0.1, 0.15) is 0 Å². The van der Waals surface area contributed by atoms with Crippen LogP contribution in [0.4, 0.5) is 0 Å². The third-order valence-electron chi connectivity index (χ3n) is 3.30. The van der Waals surface area contributed by atoms with Gasteiger partial charge in [-0.15, -0.1) is 11.3 Å². The first-order valence-electron chi connectivity index (χ1n) is 6.26. The predicted molar refractivity (Wildman–Crippen MR) is 80.0 cm³/mol. The monoisotopic (exact) mass is 322 g/mol. The molecule has 1 aliphatic carbocycles. The van der Waals surface area contributed by atoms with E-state index in [0.29, 0.717) is 0 Å². The number of fused-ring (bicyclic) bond motifs is 3. The fourth-order valence-electron chi connectivity index (χ4n) is 2.38. The third-order valence-corrected chi connectivity index (χ3v) is 5.16. The average molecular weight is 323 g/mol. The Labute approximate surface area is 119 Å². The van der Waals surface area contributed by atoms with Gasteiger partial charge in [0.2, 0.25) is 0 Å². The molecule has 1 aliphatic rings. The molecule has 0 amide bonds. The fraction of sp³-hybridized carbons (Fsp3) is 0.357. The molecule has 0 saturated heterocycles. The summed E-state index contributed by atoms with van der Waals surface area (Å²) in [6, 6.07) is 6.37. The molecular weight excluding hydrogens is 308 g/mol. The Morgan fingerprint density at radius 2 is 2.22 bits per heavy atom. The molecule has 0 saturated carbocycles. The molecule has 3 rings (SSSR count). The van der Waals surface area contributed by atoms with Crippen LogP contribution in [-0.2, 0) is 12.8 Å². The van der Waals surface area contributed by atoms with Crippen LogP contribution in [0.15, 0.2) is 22.7 Å². The Kier molecular flexibility index (Phi) is 3.50. The maximum atomic E-state index is 5.52. The van der Waals surface area contributed by atoms with Gasteiger partial charge in [-0.3, -0.25) is 0 Å². The molecule has 1 aromatic heterocycles. The van der Waals surface area contributed by atoms with Crippen molar-refractivity contribution >= 4 is 27.3 Å². The second-order valence-electron chi connectivity index (χ2n) is 4.57. The maximum Gasteiger partial charge on any atom is 0.0935 e. The van der Waals surface area contributed by atoms with Crippen LogP contribution in [0.1, 0.15) is 28.3 Å². The van der Waals surface area contributed by atoms with E-state index in [1.807, 2.05) is 11.3 Å². The lowest BCUT2D eigenvalue weighted by Gasteiger charge is -2.01. The van der Waals surface area contributed by atoms with Gasteiger partial charge in [-0.2, -0.15) is 0 Å². The third kappa shape index (κ3) is 2.13. The smallest absolute Gasteiger partial charge is 0.0935 e. The summed E-state index contributed by atoms with van der Waals surface area (Å²) in [4.78, 5) is 6.22. The van der Waals surface area contributed by atoms with Gasteiger partial charge in [-0.25, -0.2) is 4.98 Å². The zero-order chi connectivity index (χ0) is 12.5. The number of aromatic nitrogens is 1. The lowest BCUT2D eigenvalue weighted by atomic mass is 10.1. The van der Waals surface area contributed by atoms with Crippen LogP contribution in [0.2, 0.25) is 0 Å². The first-order valence-corrected chi connectivity index (χ1v) is 7.87. The zero-order valence-corrected chi connectivity index (χ0v) is 12.5. The van der Waals surface area contributed by atoms with Crippen LogP contribution in [0.3, 0.4) is 0 Å². The molecule has 0 aliphatic heterocycles. The normalized spacial score (nSPS) is 12.6. The number of benzene rings is 1. The largest absolute Gasteiger partial charge is 0.330 e. The van der Waals surface area contributed by atoms with Crippen molar-refractivity contribution in [2.75, 3.05) is 6.54 Å². The summed E-state index contributed by atoms with van der Waals surface area (Å²) in [6.07, 6.45) is 4.33. The summed E-state index contributed by atoms with van der Waals surface area (Å²) in [5, 5.41) is 1.26. The number of nitrogens with zero attached hydrogens (tertiary/aromatic N) is 1. The first-order chi connectivity index (χ1) is 8.79. The Morgan fingerprint density at radius 1 is 1.33 bits per heavy atom. The Morgan fingerprint density at radius 3 is 3.06 bits per heavy atom. The van der Waals surface area contributed by atoms with Crippen LogP contribution in [0.5, 0.6) is 0 Å². The molecule has 4 heteroatoms. The number of unbranched alkanes of at least 4 members (excludes halogenated alkanes) is 1. The minimum Gasteiger partial charge on any atom is -0.330 e. The van der Waals surface area contributed by atoms with E-state index >= 15 is 0 Å². The standard InChI is InChI=1S/C14H15BrN2S/c15-11-5-3-4-9-10(11)8-12-14(9)17-13(18-12)6-1-2-7-16/h3-5H,1-2,6-8,16H2. The Balaban J connectivity index is 1.87. The highest BCUT2D eigenvalue weighted by atomic mass is 79.9. The van der Waals surface area contributed by atoms with Crippen molar-refractivity contribution in [2.24, 2.45) is 5.73 Å². The molecule has 2 aromatic rings. The predicted octanol–water partition coefficient (Wildman–Crippen LogP) is 3.76. The summed E-state index contributed by atoms with van der Waals surface area (Å²) < 4.78 is 1.20. The van der Waals surface area contributed by atoms with Crippen molar-refractivity contribution in [3.8, 4) is 11.3 Å². The van der Waals surface area contributed by atoms with Crippen molar-refractivity contribution in [1.29, 1.82) is 0 Å². The molecule has 0 atom stereocenters. The molecule has 1 heterocycles. The second kappa shape index (κ2) is 5.11. The van der Waals surface area contributed by atoms with E-state index in [-0.39, 0.29) is 0 Å². The van der Waals surface area contributed by atoms with Gasteiger partial charge in [-0.1, -0.05) is 28.1 Å². The molecule has 0 unspecified atom stereocenters. The van der Waals surface area contributed by atoms with Crippen LogP contribution in [-0.4, -0.2) is 11.5 Å². The van der Waals surface area contributed by atoms with Gasteiger partial charge < -0.3 is 5.73 Å².